The van der Waals surface area contributed by atoms with Gasteiger partial charge in [0.2, 0.25) is 0 Å². The fraction of sp³-hybridized carbons (Fsp3) is 0.333. The summed E-state index contributed by atoms with van der Waals surface area (Å²) in [5, 5.41) is 6.74. The highest BCUT2D eigenvalue weighted by atomic mass is 28.3. The molecule has 0 saturated carbocycles. The average Bonchev–Trinajstić information content (AvgIpc) is 3.56. The minimum atomic E-state index is -1.71. The summed E-state index contributed by atoms with van der Waals surface area (Å²) in [6, 6.07) is 39.7. The molecule has 0 unspecified atom stereocenters. The van der Waals surface area contributed by atoms with Crippen LogP contribution in [0.1, 0.15) is 66.5 Å². The molecule has 5 aromatic carbocycles. The summed E-state index contributed by atoms with van der Waals surface area (Å²) in [5.74, 6) is 1.08. The number of fused-ring (bicyclic) bond motifs is 6. The molecular weight excluding hydrogens is 597 g/mol. The van der Waals surface area contributed by atoms with Crippen molar-refractivity contribution in [2.45, 2.75) is 85.9 Å². The van der Waals surface area contributed by atoms with Crippen LogP contribution in [0.5, 0.6) is 0 Å². The van der Waals surface area contributed by atoms with Crippen LogP contribution < -0.4 is 5.19 Å². The predicted molar refractivity (Wildman–Crippen MR) is 214 cm³/mol. The summed E-state index contributed by atoms with van der Waals surface area (Å²) in [4.78, 5) is 0. The van der Waals surface area contributed by atoms with Crippen molar-refractivity contribution in [1.82, 2.24) is 9.13 Å². The first-order chi connectivity index (χ1) is 22.6. The first kappa shape index (κ1) is 32.5. The van der Waals surface area contributed by atoms with Gasteiger partial charge in [0, 0.05) is 32.9 Å². The molecule has 3 heteroatoms. The number of para-hydroxylation sites is 2. The smallest absolute Gasteiger partial charge is 0.0777 e. The van der Waals surface area contributed by atoms with Gasteiger partial charge in [-0.2, -0.15) is 0 Å². The Labute approximate surface area is 288 Å². The molecule has 0 N–H and O–H groups in total. The lowest BCUT2D eigenvalue weighted by atomic mass is 9.75. The van der Waals surface area contributed by atoms with E-state index in [0.717, 1.165) is 0 Å². The molecule has 0 aliphatic rings. The minimum absolute atomic E-state index is 0.0864. The highest BCUT2D eigenvalue weighted by molar-refractivity contribution is 6.88. The topological polar surface area (TPSA) is 9.86 Å². The highest BCUT2D eigenvalue weighted by Gasteiger charge is 2.28. The lowest BCUT2D eigenvalue weighted by molar-refractivity contribution is 0.372. The van der Waals surface area contributed by atoms with Crippen molar-refractivity contribution in [3.8, 4) is 11.4 Å². The Kier molecular flexibility index (Phi) is 7.60. The van der Waals surface area contributed by atoms with Gasteiger partial charge in [0.05, 0.1) is 30.1 Å². The fourth-order valence-electron chi connectivity index (χ4n) is 7.26. The van der Waals surface area contributed by atoms with E-state index in [0.29, 0.717) is 11.8 Å². The average molecular weight is 649 g/mol. The third-order valence-electron chi connectivity index (χ3n) is 12.0. The first-order valence-corrected chi connectivity index (χ1v) is 21.3. The molecule has 2 heterocycles. The first-order valence-electron chi connectivity index (χ1n) is 17.8. The van der Waals surface area contributed by atoms with Gasteiger partial charge in [0.25, 0.3) is 0 Å². The van der Waals surface area contributed by atoms with Crippen LogP contribution in [-0.4, -0.2) is 17.2 Å². The van der Waals surface area contributed by atoms with Crippen molar-refractivity contribution in [2.24, 2.45) is 11.8 Å². The second-order valence-corrected chi connectivity index (χ2v) is 22.0. The summed E-state index contributed by atoms with van der Waals surface area (Å²) < 4.78 is 5.03. The summed E-state index contributed by atoms with van der Waals surface area (Å²) in [5.41, 5.74) is 10.5. The van der Waals surface area contributed by atoms with Gasteiger partial charge in [-0.15, -0.1) is 0 Å². The van der Waals surface area contributed by atoms with E-state index in [1.807, 2.05) is 0 Å². The van der Waals surface area contributed by atoms with Crippen LogP contribution in [0.15, 0.2) is 103 Å². The molecule has 2 aromatic heterocycles. The van der Waals surface area contributed by atoms with Crippen LogP contribution in [0.25, 0.3) is 55.0 Å². The zero-order chi connectivity index (χ0) is 34.3. The van der Waals surface area contributed by atoms with Crippen molar-refractivity contribution >= 4 is 56.9 Å². The van der Waals surface area contributed by atoms with Crippen molar-refractivity contribution in [2.75, 3.05) is 0 Å². The molecule has 7 rings (SSSR count). The minimum Gasteiger partial charge on any atom is -0.309 e. The maximum Gasteiger partial charge on any atom is 0.0777 e. The summed E-state index contributed by atoms with van der Waals surface area (Å²) in [6.45, 7) is 26.2. The second kappa shape index (κ2) is 11.2. The van der Waals surface area contributed by atoms with Gasteiger partial charge in [-0.3, -0.25) is 0 Å². The Morgan fingerprint density at radius 3 is 1.21 bits per heavy atom. The number of rotatable bonds is 7. The lowest BCUT2D eigenvalue weighted by Gasteiger charge is -2.30. The molecule has 0 saturated heterocycles. The van der Waals surface area contributed by atoms with E-state index in [2.05, 4.69) is 187 Å². The second-order valence-electron chi connectivity index (χ2n) is 16.9. The Bertz CT molecular complexity index is 2180. The largest absolute Gasteiger partial charge is 0.309 e. The molecule has 0 radical (unpaired) electrons. The standard InChI is InChI=1S/C45H52N2Si/c1-29(2)44(5,6)31-20-22-42-38(24-31)36-16-12-14-18-40(36)46(42)33-26-34(28-35(27-33)48(9,10)11)47-41-19-15-13-17-37(41)39-25-32(21-23-43(39)47)45(7,8)30(3)4/h12-30H,1-11H3. The number of aromatic nitrogens is 2. The van der Waals surface area contributed by atoms with E-state index in [1.165, 1.54) is 71.3 Å². The van der Waals surface area contributed by atoms with Crippen molar-refractivity contribution in [3.05, 3.63) is 114 Å². The monoisotopic (exact) mass is 648 g/mol. The molecule has 7 aromatic rings. The summed E-state index contributed by atoms with van der Waals surface area (Å²) in [6.07, 6.45) is 0. The number of benzene rings is 5. The van der Waals surface area contributed by atoms with Crippen molar-refractivity contribution < 1.29 is 0 Å². The molecule has 0 atom stereocenters. The number of hydrogen-bond acceptors (Lipinski definition) is 0. The molecule has 0 fully saturated rings. The van der Waals surface area contributed by atoms with E-state index in [9.17, 15) is 0 Å². The molecular formula is C45H52N2Si. The number of nitrogens with zero attached hydrogens (tertiary/aromatic N) is 2. The normalized spacial score (nSPS) is 13.3. The highest BCUT2D eigenvalue weighted by Crippen LogP contribution is 2.40. The molecule has 2 nitrogen and oxygen atoms in total. The molecule has 0 aliphatic carbocycles. The molecule has 48 heavy (non-hydrogen) atoms. The SMILES string of the molecule is CC(C)C(C)(C)c1ccc2c(c1)c1ccccc1n2-c1cc(-n2c3ccccc3c3cc(C(C)(C)C(C)C)ccc32)cc([Si](C)(C)C)c1. The van der Waals surface area contributed by atoms with Gasteiger partial charge in [-0.1, -0.05) is 129 Å². The summed E-state index contributed by atoms with van der Waals surface area (Å²) in [7, 11) is -1.71. The maximum atomic E-state index is 2.51. The third-order valence-corrected chi connectivity index (χ3v) is 14.0. The Balaban J connectivity index is 1.53. The molecule has 0 bridgehead atoms. The van der Waals surface area contributed by atoms with Crippen LogP contribution >= 0.6 is 0 Å². The fourth-order valence-corrected chi connectivity index (χ4v) is 8.42. The van der Waals surface area contributed by atoms with Gasteiger partial charge in [0.1, 0.15) is 0 Å². The Morgan fingerprint density at radius 1 is 0.458 bits per heavy atom. The quantitative estimate of drug-likeness (QED) is 0.152. The van der Waals surface area contributed by atoms with Crippen LogP contribution in [-0.2, 0) is 10.8 Å². The zero-order valence-corrected chi connectivity index (χ0v) is 31.9. The Morgan fingerprint density at radius 2 is 0.833 bits per heavy atom. The van der Waals surface area contributed by atoms with Gasteiger partial charge in [-0.05, 0) is 88.4 Å². The van der Waals surface area contributed by atoms with Crippen LogP contribution in [0.2, 0.25) is 19.6 Å². The molecule has 0 aliphatic heterocycles. The third kappa shape index (κ3) is 5.05. The molecule has 0 spiro atoms. The van der Waals surface area contributed by atoms with E-state index < -0.39 is 8.07 Å². The van der Waals surface area contributed by atoms with Gasteiger partial charge < -0.3 is 9.13 Å². The summed E-state index contributed by atoms with van der Waals surface area (Å²) >= 11 is 0. The van der Waals surface area contributed by atoms with Gasteiger partial charge in [0.15, 0.2) is 0 Å². The number of hydrogen-bond donors (Lipinski definition) is 0. The lowest BCUT2D eigenvalue weighted by Crippen LogP contribution is -2.38. The van der Waals surface area contributed by atoms with Gasteiger partial charge in [-0.25, -0.2) is 0 Å². The predicted octanol–water partition coefficient (Wildman–Crippen LogP) is 12.3. The van der Waals surface area contributed by atoms with E-state index in [1.54, 1.807) is 0 Å². The van der Waals surface area contributed by atoms with Crippen LogP contribution in [0.3, 0.4) is 0 Å². The van der Waals surface area contributed by atoms with Gasteiger partial charge >= 0.3 is 0 Å². The van der Waals surface area contributed by atoms with Crippen LogP contribution in [0.4, 0.5) is 0 Å². The van der Waals surface area contributed by atoms with E-state index in [4.69, 9.17) is 0 Å². The van der Waals surface area contributed by atoms with Crippen LogP contribution in [0, 0.1) is 11.8 Å². The molecule has 246 valence electrons. The molecule has 0 amide bonds. The van der Waals surface area contributed by atoms with Crippen molar-refractivity contribution in [1.29, 1.82) is 0 Å². The van der Waals surface area contributed by atoms with E-state index >= 15 is 0 Å². The maximum absolute atomic E-state index is 2.51. The van der Waals surface area contributed by atoms with Crippen molar-refractivity contribution in [3.63, 3.8) is 0 Å². The zero-order valence-electron chi connectivity index (χ0n) is 30.9. The van der Waals surface area contributed by atoms with E-state index in [-0.39, 0.29) is 10.8 Å². The Hall–Kier alpha value is -4.08.